The Kier molecular flexibility index (Phi) is 8.54. The van der Waals surface area contributed by atoms with Gasteiger partial charge >= 0.3 is 0 Å². The number of nitrogens with zero attached hydrogens (tertiary/aromatic N) is 1. The molecule has 2 atom stereocenters. The van der Waals surface area contributed by atoms with Crippen LogP contribution in [-0.2, 0) is 6.42 Å². The van der Waals surface area contributed by atoms with Gasteiger partial charge in [0.15, 0.2) is 0 Å². The highest BCUT2D eigenvalue weighted by molar-refractivity contribution is 6.11. The molecule has 0 aliphatic heterocycles. The van der Waals surface area contributed by atoms with Gasteiger partial charge in [0.05, 0.1) is 6.04 Å². The van der Waals surface area contributed by atoms with Crippen LogP contribution in [0.1, 0.15) is 17.5 Å². The van der Waals surface area contributed by atoms with E-state index in [4.69, 9.17) is 0 Å². The van der Waals surface area contributed by atoms with Crippen molar-refractivity contribution < 1.29 is 0 Å². The van der Waals surface area contributed by atoms with E-state index in [1.807, 2.05) is 0 Å². The largest absolute Gasteiger partial charge is 0.334 e. The molecule has 1 nitrogen and oxygen atoms in total. The summed E-state index contributed by atoms with van der Waals surface area (Å²) >= 11 is 0. The molecule has 0 radical (unpaired) electrons. The van der Waals surface area contributed by atoms with Crippen molar-refractivity contribution in [3.8, 4) is 33.4 Å². The fraction of sp³-hybridized carbons (Fsp3) is 0.0741. The minimum atomic E-state index is 0.181. The zero-order valence-corrected chi connectivity index (χ0v) is 30.7. The maximum atomic E-state index is 2.52. The van der Waals surface area contributed by atoms with E-state index in [0.717, 1.165) is 12.8 Å². The lowest BCUT2D eigenvalue weighted by atomic mass is 9.80. The van der Waals surface area contributed by atoms with E-state index in [1.165, 1.54) is 83.0 Å². The summed E-state index contributed by atoms with van der Waals surface area (Å²) in [5, 5.41) is 5.33. The SMILES string of the molecule is C1=CC(N(c2ccc(-c3ccc(-c4ccccc4)cc3)cc2)c2cccc(-c3ccccc3)c2)CC=C1C1C=Cc2c(ccc3ccc4ccccc4c23)C1. The standard InChI is InChI=1S/C54H41N/c1-3-10-38(11-4-1)40-18-20-41(21-19-40)42-26-31-49(32-27-42)55(51-16-9-15-46(37-51)39-12-5-2-6-13-39)50-33-28-43(29-34-50)47-30-35-53-48(36-47)25-24-45-23-22-44-14-7-8-17-52(44)54(45)53/h1-33,35,37,47,50H,34,36H2. The van der Waals surface area contributed by atoms with Crippen LogP contribution in [0.15, 0.2) is 212 Å². The van der Waals surface area contributed by atoms with Crippen LogP contribution < -0.4 is 4.90 Å². The van der Waals surface area contributed by atoms with Crippen molar-refractivity contribution >= 4 is 39.0 Å². The molecule has 0 fully saturated rings. The zero-order valence-electron chi connectivity index (χ0n) is 30.7. The molecule has 2 aliphatic carbocycles. The number of rotatable bonds is 7. The molecule has 0 amide bonds. The van der Waals surface area contributed by atoms with Crippen molar-refractivity contribution in [3.05, 3.63) is 223 Å². The lowest BCUT2D eigenvalue weighted by Crippen LogP contribution is -2.30. The summed E-state index contributed by atoms with van der Waals surface area (Å²) in [6, 6.07) is 66.4. The third-order valence-electron chi connectivity index (χ3n) is 11.5. The molecule has 2 aliphatic rings. The molecular formula is C54H41N. The zero-order chi connectivity index (χ0) is 36.6. The van der Waals surface area contributed by atoms with Gasteiger partial charge in [-0.25, -0.2) is 0 Å². The second kappa shape index (κ2) is 14.3. The normalized spacial score (nSPS) is 16.2. The molecule has 0 bridgehead atoms. The lowest BCUT2D eigenvalue weighted by molar-refractivity contribution is 0.722. The van der Waals surface area contributed by atoms with Crippen molar-refractivity contribution in [2.75, 3.05) is 4.90 Å². The van der Waals surface area contributed by atoms with E-state index in [0.29, 0.717) is 5.92 Å². The fourth-order valence-corrected chi connectivity index (χ4v) is 8.67. The smallest absolute Gasteiger partial charge is 0.0560 e. The number of allylic oxidation sites excluding steroid dienone is 3. The predicted molar refractivity (Wildman–Crippen MR) is 235 cm³/mol. The summed E-state index contributed by atoms with van der Waals surface area (Å²) in [7, 11) is 0. The Hall–Kier alpha value is -6.70. The summed E-state index contributed by atoms with van der Waals surface area (Å²) in [6.07, 6.45) is 14.1. The first kappa shape index (κ1) is 32.9. The van der Waals surface area contributed by atoms with E-state index in [-0.39, 0.29) is 6.04 Å². The number of anilines is 2. The molecule has 1 heteroatoms. The van der Waals surface area contributed by atoms with E-state index in [1.54, 1.807) is 0 Å². The third-order valence-corrected chi connectivity index (χ3v) is 11.5. The van der Waals surface area contributed by atoms with Crippen LogP contribution in [0.3, 0.4) is 0 Å². The summed E-state index contributed by atoms with van der Waals surface area (Å²) < 4.78 is 0. The van der Waals surface area contributed by atoms with Crippen LogP contribution in [0.5, 0.6) is 0 Å². The lowest BCUT2D eigenvalue weighted by Gasteiger charge is -2.34. The van der Waals surface area contributed by atoms with Crippen molar-refractivity contribution in [3.63, 3.8) is 0 Å². The Morgan fingerprint density at radius 2 is 1.04 bits per heavy atom. The molecule has 10 rings (SSSR count). The van der Waals surface area contributed by atoms with Crippen molar-refractivity contribution in [1.82, 2.24) is 0 Å². The predicted octanol–water partition coefficient (Wildman–Crippen LogP) is 14.3. The average Bonchev–Trinajstić information content (AvgIpc) is 3.27. The molecule has 0 N–H and O–H groups in total. The molecule has 0 saturated heterocycles. The van der Waals surface area contributed by atoms with Gasteiger partial charge in [-0.1, -0.05) is 188 Å². The molecular weight excluding hydrogens is 663 g/mol. The second-order valence-electron chi connectivity index (χ2n) is 14.8. The molecule has 262 valence electrons. The van der Waals surface area contributed by atoms with Gasteiger partial charge in [0.1, 0.15) is 0 Å². The van der Waals surface area contributed by atoms with Gasteiger partial charge in [0.2, 0.25) is 0 Å². The minimum absolute atomic E-state index is 0.181. The first-order valence-electron chi connectivity index (χ1n) is 19.5. The van der Waals surface area contributed by atoms with Gasteiger partial charge in [-0.2, -0.15) is 0 Å². The van der Waals surface area contributed by atoms with Gasteiger partial charge in [-0.15, -0.1) is 0 Å². The second-order valence-corrected chi connectivity index (χ2v) is 14.8. The van der Waals surface area contributed by atoms with Gasteiger partial charge < -0.3 is 4.90 Å². The maximum Gasteiger partial charge on any atom is 0.0560 e. The van der Waals surface area contributed by atoms with Crippen LogP contribution in [0.25, 0.3) is 61.0 Å². The molecule has 0 saturated carbocycles. The highest BCUT2D eigenvalue weighted by atomic mass is 15.2. The molecule has 2 unspecified atom stereocenters. The van der Waals surface area contributed by atoms with Crippen LogP contribution >= 0.6 is 0 Å². The molecule has 55 heavy (non-hydrogen) atoms. The topological polar surface area (TPSA) is 3.24 Å². The monoisotopic (exact) mass is 703 g/mol. The van der Waals surface area contributed by atoms with E-state index >= 15 is 0 Å². The van der Waals surface area contributed by atoms with Gasteiger partial charge in [0, 0.05) is 17.3 Å². The average molecular weight is 704 g/mol. The van der Waals surface area contributed by atoms with Gasteiger partial charge in [0.25, 0.3) is 0 Å². The number of hydrogen-bond donors (Lipinski definition) is 0. The van der Waals surface area contributed by atoms with Crippen molar-refractivity contribution in [2.24, 2.45) is 5.92 Å². The van der Waals surface area contributed by atoms with E-state index in [9.17, 15) is 0 Å². The summed E-state index contributed by atoms with van der Waals surface area (Å²) in [5.74, 6) is 0.361. The fourth-order valence-electron chi connectivity index (χ4n) is 8.67. The van der Waals surface area contributed by atoms with Crippen molar-refractivity contribution in [1.29, 1.82) is 0 Å². The quantitative estimate of drug-likeness (QED) is 0.149. The first-order valence-corrected chi connectivity index (χ1v) is 19.5. The van der Waals surface area contributed by atoms with Crippen LogP contribution in [0.2, 0.25) is 0 Å². The molecule has 0 spiro atoms. The van der Waals surface area contributed by atoms with Gasteiger partial charge in [-0.3, -0.25) is 0 Å². The first-order chi connectivity index (χ1) is 27.2. The van der Waals surface area contributed by atoms with Crippen LogP contribution in [0.4, 0.5) is 11.4 Å². The Bertz CT molecular complexity index is 2740. The van der Waals surface area contributed by atoms with E-state index in [2.05, 4.69) is 217 Å². The van der Waals surface area contributed by atoms with Crippen LogP contribution in [0, 0.1) is 5.92 Å². The highest BCUT2D eigenvalue weighted by Crippen LogP contribution is 2.40. The molecule has 8 aromatic carbocycles. The summed E-state index contributed by atoms with van der Waals surface area (Å²) in [6.45, 7) is 0. The van der Waals surface area contributed by atoms with E-state index < -0.39 is 0 Å². The number of hydrogen-bond acceptors (Lipinski definition) is 1. The Balaban J connectivity index is 0.945. The summed E-state index contributed by atoms with van der Waals surface area (Å²) in [5.41, 5.74) is 14.0. The summed E-state index contributed by atoms with van der Waals surface area (Å²) in [4.78, 5) is 2.52. The maximum absolute atomic E-state index is 2.52. The highest BCUT2D eigenvalue weighted by Gasteiger charge is 2.25. The third kappa shape index (κ3) is 6.38. The molecule has 0 heterocycles. The Morgan fingerprint density at radius 3 is 1.75 bits per heavy atom. The Morgan fingerprint density at radius 1 is 0.436 bits per heavy atom. The minimum Gasteiger partial charge on any atom is -0.334 e. The Labute approximate surface area is 323 Å². The number of benzene rings is 8. The number of fused-ring (bicyclic) bond motifs is 5. The molecule has 0 aromatic heterocycles. The molecule has 8 aromatic rings. The van der Waals surface area contributed by atoms with Crippen molar-refractivity contribution in [2.45, 2.75) is 18.9 Å². The van der Waals surface area contributed by atoms with Gasteiger partial charge in [-0.05, 0) is 109 Å². The van der Waals surface area contributed by atoms with Crippen LogP contribution in [-0.4, -0.2) is 6.04 Å².